The van der Waals surface area contributed by atoms with Crippen LogP contribution < -0.4 is 4.74 Å². The maximum atomic E-state index is 6.31. The molecule has 0 radical (unpaired) electrons. The zero-order chi connectivity index (χ0) is 15.0. The van der Waals surface area contributed by atoms with Crippen LogP contribution in [0.4, 0.5) is 0 Å². The molecule has 0 saturated carbocycles. The van der Waals surface area contributed by atoms with Crippen molar-refractivity contribution in [3.63, 3.8) is 0 Å². The first-order valence-electron chi connectivity index (χ1n) is 7.98. The van der Waals surface area contributed by atoms with Gasteiger partial charge < -0.3 is 4.74 Å². The maximum absolute atomic E-state index is 6.31. The Morgan fingerprint density at radius 3 is 2.40 bits per heavy atom. The maximum Gasteiger partial charge on any atom is 0.144 e. The molecular formula is C18H29NO. The van der Waals surface area contributed by atoms with Crippen LogP contribution in [0.2, 0.25) is 0 Å². The SMILES string of the molecule is Cc1ncc(C(C)C)c2c1O[C@@H](C)[C@@H](C)CC2C(C)C. The molecule has 0 spiro atoms. The first kappa shape index (κ1) is 15.3. The van der Waals surface area contributed by atoms with Crippen molar-refractivity contribution >= 4 is 0 Å². The van der Waals surface area contributed by atoms with Gasteiger partial charge in [0.1, 0.15) is 5.75 Å². The van der Waals surface area contributed by atoms with Crippen molar-refractivity contribution in [2.45, 2.75) is 72.8 Å². The minimum atomic E-state index is 0.264. The van der Waals surface area contributed by atoms with Gasteiger partial charge in [-0.2, -0.15) is 0 Å². The Bertz CT molecular complexity index is 479. The predicted molar refractivity (Wildman–Crippen MR) is 84.5 cm³/mol. The Kier molecular flexibility index (Phi) is 4.41. The summed E-state index contributed by atoms with van der Waals surface area (Å²) in [4.78, 5) is 4.58. The molecule has 1 aliphatic heterocycles. The molecule has 3 atom stereocenters. The number of fused-ring (bicyclic) bond motifs is 1. The highest BCUT2D eigenvalue weighted by Gasteiger charge is 2.33. The Morgan fingerprint density at radius 2 is 1.85 bits per heavy atom. The van der Waals surface area contributed by atoms with Gasteiger partial charge in [-0.3, -0.25) is 4.98 Å². The lowest BCUT2D eigenvalue weighted by Crippen LogP contribution is -2.20. The van der Waals surface area contributed by atoms with Gasteiger partial charge in [0.25, 0.3) is 0 Å². The smallest absolute Gasteiger partial charge is 0.144 e. The third-order valence-electron chi connectivity index (χ3n) is 4.81. The average molecular weight is 275 g/mol. The highest BCUT2D eigenvalue weighted by molar-refractivity contribution is 5.46. The summed E-state index contributed by atoms with van der Waals surface area (Å²) in [5.41, 5.74) is 3.83. The van der Waals surface area contributed by atoms with Crippen LogP contribution in [-0.4, -0.2) is 11.1 Å². The molecule has 2 nitrogen and oxygen atoms in total. The molecule has 2 heteroatoms. The van der Waals surface area contributed by atoms with Gasteiger partial charge in [0.15, 0.2) is 0 Å². The fourth-order valence-corrected chi connectivity index (χ4v) is 3.23. The topological polar surface area (TPSA) is 22.1 Å². The number of aromatic nitrogens is 1. The number of hydrogen-bond donors (Lipinski definition) is 0. The molecule has 1 unspecified atom stereocenters. The molecule has 20 heavy (non-hydrogen) atoms. The quantitative estimate of drug-likeness (QED) is 0.752. The summed E-state index contributed by atoms with van der Waals surface area (Å²) in [6, 6.07) is 0. The van der Waals surface area contributed by atoms with Gasteiger partial charge in [-0.25, -0.2) is 0 Å². The highest BCUT2D eigenvalue weighted by atomic mass is 16.5. The number of hydrogen-bond acceptors (Lipinski definition) is 2. The third-order valence-corrected chi connectivity index (χ3v) is 4.81. The fourth-order valence-electron chi connectivity index (χ4n) is 3.23. The fraction of sp³-hybridized carbons (Fsp3) is 0.722. The second-order valence-corrected chi connectivity index (χ2v) is 7.08. The normalized spacial score (nSPS) is 26.4. The molecule has 1 aromatic rings. The van der Waals surface area contributed by atoms with Crippen LogP contribution in [0.15, 0.2) is 6.20 Å². The van der Waals surface area contributed by atoms with Gasteiger partial charge in [0, 0.05) is 11.8 Å². The van der Waals surface area contributed by atoms with Crippen LogP contribution in [0.25, 0.3) is 0 Å². The second-order valence-electron chi connectivity index (χ2n) is 7.08. The first-order chi connectivity index (χ1) is 9.32. The van der Waals surface area contributed by atoms with Crippen molar-refractivity contribution < 1.29 is 4.74 Å². The second kappa shape index (κ2) is 5.75. The Hall–Kier alpha value is -1.05. The summed E-state index contributed by atoms with van der Waals surface area (Å²) in [6.45, 7) is 15.7. The summed E-state index contributed by atoms with van der Waals surface area (Å²) in [7, 11) is 0. The van der Waals surface area contributed by atoms with Crippen LogP contribution in [0, 0.1) is 18.8 Å². The summed E-state index contributed by atoms with van der Waals surface area (Å²) in [5.74, 6) is 3.33. The molecule has 1 aliphatic rings. The van der Waals surface area contributed by atoms with Crippen molar-refractivity contribution in [3.8, 4) is 5.75 Å². The molecule has 2 rings (SSSR count). The van der Waals surface area contributed by atoms with Crippen molar-refractivity contribution in [3.05, 3.63) is 23.0 Å². The lowest BCUT2D eigenvalue weighted by atomic mass is 9.78. The van der Waals surface area contributed by atoms with E-state index in [2.05, 4.69) is 59.6 Å². The third kappa shape index (κ3) is 2.70. The Balaban J connectivity index is 2.65. The van der Waals surface area contributed by atoms with Gasteiger partial charge in [0.05, 0.1) is 11.8 Å². The van der Waals surface area contributed by atoms with E-state index in [-0.39, 0.29) is 6.10 Å². The van der Waals surface area contributed by atoms with E-state index >= 15 is 0 Å². The van der Waals surface area contributed by atoms with E-state index in [0.717, 1.165) is 11.4 Å². The van der Waals surface area contributed by atoms with Gasteiger partial charge in [0.2, 0.25) is 0 Å². The van der Waals surface area contributed by atoms with Crippen LogP contribution in [0.3, 0.4) is 0 Å². The largest absolute Gasteiger partial charge is 0.488 e. The molecule has 1 aromatic heterocycles. The average Bonchev–Trinajstić information content (AvgIpc) is 2.49. The van der Waals surface area contributed by atoms with Crippen LogP contribution in [0.5, 0.6) is 5.75 Å². The number of ether oxygens (including phenoxy) is 1. The molecular weight excluding hydrogens is 246 g/mol. The summed E-state index contributed by atoms with van der Waals surface area (Å²) >= 11 is 0. The lowest BCUT2D eigenvalue weighted by molar-refractivity contribution is 0.159. The van der Waals surface area contributed by atoms with Crippen LogP contribution in [0.1, 0.15) is 76.6 Å². The van der Waals surface area contributed by atoms with E-state index in [1.165, 1.54) is 17.5 Å². The van der Waals surface area contributed by atoms with E-state index < -0.39 is 0 Å². The highest BCUT2D eigenvalue weighted by Crippen LogP contribution is 2.45. The molecule has 0 aromatic carbocycles. The monoisotopic (exact) mass is 275 g/mol. The lowest BCUT2D eigenvalue weighted by Gasteiger charge is -2.26. The van der Waals surface area contributed by atoms with Crippen molar-refractivity contribution in [1.29, 1.82) is 0 Å². The van der Waals surface area contributed by atoms with Gasteiger partial charge in [-0.1, -0.05) is 34.6 Å². The minimum absolute atomic E-state index is 0.264. The van der Waals surface area contributed by atoms with Crippen molar-refractivity contribution in [2.24, 2.45) is 11.8 Å². The molecule has 0 saturated heterocycles. The molecule has 0 aliphatic carbocycles. The summed E-state index contributed by atoms with van der Waals surface area (Å²) in [5, 5.41) is 0. The predicted octanol–water partition coefficient (Wildman–Crippen LogP) is 5.06. The van der Waals surface area contributed by atoms with E-state index in [1.54, 1.807) is 0 Å². The number of rotatable bonds is 2. The Labute approximate surface area is 124 Å². The summed E-state index contributed by atoms with van der Waals surface area (Å²) < 4.78 is 6.31. The zero-order valence-corrected chi connectivity index (χ0v) is 14.0. The molecule has 0 N–H and O–H groups in total. The molecule has 0 fully saturated rings. The van der Waals surface area contributed by atoms with Crippen LogP contribution in [-0.2, 0) is 0 Å². The summed E-state index contributed by atoms with van der Waals surface area (Å²) in [6.07, 6.45) is 3.54. The van der Waals surface area contributed by atoms with Gasteiger partial charge in [-0.15, -0.1) is 0 Å². The molecule has 2 heterocycles. The first-order valence-corrected chi connectivity index (χ1v) is 7.98. The van der Waals surface area contributed by atoms with E-state index in [0.29, 0.717) is 23.7 Å². The number of pyridine rings is 1. The standard InChI is InChI=1S/C18H29NO/c1-10(2)15-8-12(5)14(7)20-18-13(6)19-9-16(11(3)4)17(15)18/h9-12,14-15H,8H2,1-7H3/t12-,14-,15?/m0/s1. The Morgan fingerprint density at radius 1 is 1.20 bits per heavy atom. The van der Waals surface area contributed by atoms with Crippen LogP contribution >= 0.6 is 0 Å². The zero-order valence-electron chi connectivity index (χ0n) is 14.0. The molecule has 0 bridgehead atoms. The van der Waals surface area contributed by atoms with Gasteiger partial charge in [-0.05, 0) is 49.5 Å². The molecule has 0 amide bonds. The van der Waals surface area contributed by atoms with Crippen molar-refractivity contribution in [2.75, 3.05) is 0 Å². The van der Waals surface area contributed by atoms with E-state index in [9.17, 15) is 0 Å². The van der Waals surface area contributed by atoms with Crippen molar-refractivity contribution in [1.82, 2.24) is 4.98 Å². The molecule has 112 valence electrons. The van der Waals surface area contributed by atoms with E-state index in [4.69, 9.17) is 4.74 Å². The number of aryl methyl sites for hydroxylation is 1. The minimum Gasteiger partial charge on any atom is -0.488 e. The number of nitrogens with zero attached hydrogens (tertiary/aromatic N) is 1. The van der Waals surface area contributed by atoms with Gasteiger partial charge >= 0.3 is 0 Å². The van der Waals surface area contributed by atoms with E-state index in [1.807, 2.05) is 0 Å².